The quantitative estimate of drug-likeness (QED) is 0.756. The van der Waals surface area contributed by atoms with Gasteiger partial charge in [0, 0.05) is 37.7 Å². The Morgan fingerprint density at radius 1 is 0.913 bits per heavy atom. The zero-order valence-corrected chi connectivity index (χ0v) is 13.3. The Kier molecular flexibility index (Phi) is 4.75. The van der Waals surface area contributed by atoms with E-state index in [0.717, 1.165) is 42.9 Å². The van der Waals surface area contributed by atoms with Crippen molar-refractivity contribution in [2.75, 3.05) is 33.2 Å². The molecule has 0 aromatic heterocycles. The molecule has 0 saturated carbocycles. The molecule has 3 heteroatoms. The van der Waals surface area contributed by atoms with Crippen LogP contribution in [0.1, 0.15) is 5.56 Å². The molecule has 3 nitrogen and oxygen atoms in total. The molecule has 23 heavy (non-hydrogen) atoms. The van der Waals surface area contributed by atoms with Crippen LogP contribution in [-0.2, 0) is 4.79 Å². The molecule has 1 aliphatic heterocycles. The largest absolute Gasteiger partial charge is 0.329 e. The summed E-state index contributed by atoms with van der Waals surface area (Å²) < 4.78 is 0. The monoisotopic (exact) mass is 304 g/mol. The highest BCUT2D eigenvalue weighted by Gasteiger charge is 2.17. The Morgan fingerprint density at radius 2 is 1.61 bits per heavy atom. The van der Waals surface area contributed by atoms with Gasteiger partial charge in [-0.25, -0.2) is 0 Å². The van der Waals surface area contributed by atoms with E-state index in [0.29, 0.717) is 0 Å². The summed E-state index contributed by atoms with van der Waals surface area (Å²) in [5, 5.41) is 0. The van der Waals surface area contributed by atoms with Gasteiger partial charge in [-0.1, -0.05) is 48.4 Å². The van der Waals surface area contributed by atoms with Gasteiger partial charge in [-0.15, -0.1) is 0 Å². The standard InChI is InChI=1S/C20H20N2O/c1-21-12-14-22(15-13-21)20(23)11-10-17-6-5-9-19(16-17)18-7-3-2-4-8-18/h2-9,16H,12-15H2,1H3. The molecule has 116 valence electrons. The molecule has 0 N–H and O–H groups in total. The maximum absolute atomic E-state index is 12.2. The van der Waals surface area contributed by atoms with Crippen LogP contribution in [0.5, 0.6) is 0 Å². The van der Waals surface area contributed by atoms with Crippen molar-refractivity contribution >= 4 is 5.91 Å². The second-order valence-electron chi connectivity index (χ2n) is 5.79. The van der Waals surface area contributed by atoms with Crippen molar-refractivity contribution in [1.82, 2.24) is 9.80 Å². The third kappa shape index (κ3) is 4.00. The van der Waals surface area contributed by atoms with Gasteiger partial charge in [0.05, 0.1) is 0 Å². The predicted octanol–water partition coefficient (Wildman–Crippen LogP) is 2.48. The second-order valence-corrected chi connectivity index (χ2v) is 5.79. The lowest BCUT2D eigenvalue weighted by Crippen LogP contribution is -2.46. The number of hydrogen-bond donors (Lipinski definition) is 0. The molecule has 0 bridgehead atoms. The summed E-state index contributed by atoms with van der Waals surface area (Å²) in [5.74, 6) is 5.71. The number of hydrogen-bond acceptors (Lipinski definition) is 2. The molecular formula is C20H20N2O. The number of carbonyl (C=O) groups is 1. The zero-order valence-electron chi connectivity index (χ0n) is 13.3. The van der Waals surface area contributed by atoms with Crippen LogP contribution in [0.3, 0.4) is 0 Å². The third-order valence-corrected chi connectivity index (χ3v) is 4.07. The van der Waals surface area contributed by atoms with E-state index < -0.39 is 0 Å². The van der Waals surface area contributed by atoms with Gasteiger partial charge in [-0.2, -0.15) is 0 Å². The molecule has 1 heterocycles. The molecule has 1 aliphatic rings. The Bertz CT molecular complexity index is 735. The first-order valence-electron chi connectivity index (χ1n) is 7.87. The van der Waals surface area contributed by atoms with Gasteiger partial charge in [0.2, 0.25) is 0 Å². The van der Waals surface area contributed by atoms with E-state index >= 15 is 0 Å². The van der Waals surface area contributed by atoms with E-state index in [1.54, 1.807) is 0 Å². The van der Waals surface area contributed by atoms with Crippen molar-refractivity contribution in [2.45, 2.75) is 0 Å². The average molecular weight is 304 g/mol. The van der Waals surface area contributed by atoms with Crippen LogP contribution in [0.25, 0.3) is 11.1 Å². The molecule has 0 spiro atoms. The van der Waals surface area contributed by atoms with Gasteiger partial charge in [0.25, 0.3) is 5.91 Å². The summed E-state index contributed by atoms with van der Waals surface area (Å²) in [6.07, 6.45) is 0. The smallest absolute Gasteiger partial charge is 0.298 e. The first kappa shape index (κ1) is 15.3. The fourth-order valence-electron chi connectivity index (χ4n) is 2.62. The van der Waals surface area contributed by atoms with Crippen molar-refractivity contribution in [3.8, 4) is 23.0 Å². The number of piperazine rings is 1. The summed E-state index contributed by atoms with van der Waals surface area (Å²) in [4.78, 5) is 16.2. The maximum atomic E-state index is 12.2. The molecule has 2 aromatic carbocycles. The van der Waals surface area contributed by atoms with Crippen molar-refractivity contribution < 1.29 is 4.79 Å². The minimum atomic E-state index is -0.0804. The molecular weight excluding hydrogens is 284 g/mol. The number of rotatable bonds is 1. The molecule has 3 rings (SSSR count). The van der Waals surface area contributed by atoms with Crippen molar-refractivity contribution in [3.05, 3.63) is 60.2 Å². The number of nitrogens with zero attached hydrogens (tertiary/aromatic N) is 2. The minimum absolute atomic E-state index is 0.0804. The topological polar surface area (TPSA) is 23.6 Å². The summed E-state index contributed by atoms with van der Waals surface area (Å²) >= 11 is 0. The van der Waals surface area contributed by atoms with Gasteiger partial charge >= 0.3 is 0 Å². The average Bonchev–Trinajstić information content (AvgIpc) is 2.61. The molecule has 1 amide bonds. The second kappa shape index (κ2) is 7.13. The zero-order chi connectivity index (χ0) is 16.1. The predicted molar refractivity (Wildman–Crippen MR) is 92.8 cm³/mol. The highest BCUT2D eigenvalue weighted by atomic mass is 16.2. The van der Waals surface area contributed by atoms with E-state index in [-0.39, 0.29) is 5.91 Å². The molecule has 2 aromatic rings. The third-order valence-electron chi connectivity index (χ3n) is 4.07. The van der Waals surface area contributed by atoms with Crippen LogP contribution in [0.2, 0.25) is 0 Å². The van der Waals surface area contributed by atoms with Crippen LogP contribution in [0, 0.1) is 11.8 Å². The van der Waals surface area contributed by atoms with Crippen LogP contribution >= 0.6 is 0 Å². The van der Waals surface area contributed by atoms with Crippen molar-refractivity contribution in [3.63, 3.8) is 0 Å². The van der Waals surface area contributed by atoms with Gasteiger partial charge in [-0.3, -0.25) is 4.79 Å². The summed E-state index contributed by atoms with van der Waals surface area (Å²) in [6.45, 7) is 3.34. The Hall–Kier alpha value is -2.57. The lowest BCUT2D eigenvalue weighted by molar-refractivity contribution is -0.126. The first-order chi connectivity index (χ1) is 11.2. The van der Waals surface area contributed by atoms with E-state index in [9.17, 15) is 4.79 Å². The maximum Gasteiger partial charge on any atom is 0.298 e. The van der Waals surface area contributed by atoms with E-state index in [1.807, 2.05) is 41.3 Å². The minimum Gasteiger partial charge on any atom is -0.329 e. The number of amides is 1. The Morgan fingerprint density at radius 3 is 2.35 bits per heavy atom. The number of benzene rings is 2. The fraction of sp³-hybridized carbons (Fsp3) is 0.250. The molecule has 0 unspecified atom stereocenters. The molecule has 1 fully saturated rings. The lowest BCUT2D eigenvalue weighted by atomic mass is 10.0. The number of carbonyl (C=O) groups excluding carboxylic acids is 1. The summed E-state index contributed by atoms with van der Waals surface area (Å²) in [7, 11) is 2.07. The highest BCUT2D eigenvalue weighted by Crippen LogP contribution is 2.19. The molecule has 1 saturated heterocycles. The molecule has 0 atom stereocenters. The Labute approximate surface area is 137 Å². The normalized spacial score (nSPS) is 14.9. The van der Waals surface area contributed by atoms with Crippen LogP contribution in [0.4, 0.5) is 0 Å². The summed E-state index contributed by atoms with van der Waals surface area (Å²) in [5.41, 5.74) is 3.14. The van der Waals surface area contributed by atoms with Gasteiger partial charge < -0.3 is 9.80 Å². The highest BCUT2D eigenvalue weighted by molar-refractivity contribution is 5.94. The van der Waals surface area contributed by atoms with Gasteiger partial charge in [0.1, 0.15) is 0 Å². The van der Waals surface area contributed by atoms with Crippen LogP contribution < -0.4 is 0 Å². The summed E-state index contributed by atoms with van der Waals surface area (Å²) in [6, 6.07) is 18.2. The van der Waals surface area contributed by atoms with Gasteiger partial charge in [-0.05, 0) is 30.3 Å². The molecule has 0 radical (unpaired) electrons. The van der Waals surface area contributed by atoms with E-state index in [2.05, 4.69) is 42.0 Å². The van der Waals surface area contributed by atoms with Crippen LogP contribution in [-0.4, -0.2) is 48.9 Å². The SMILES string of the molecule is CN1CCN(C(=O)C#Cc2cccc(-c3ccccc3)c2)CC1. The van der Waals surface area contributed by atoms with Crippen LogP contribution in [0.15, 0.2) is 54.6 Å². The van der Waals surface area contributed by atoms with E-state index in [4.69, 9.17) is 0 Å². The Balaban J connectivity index is 1.73. The molecule has 0 aliphatic carbocycles. The number of likely N-dealkylation sites (N-methyl/N-ethyl adjacent to an activating group) is 1. The lowest BCUT2D eigenvalue weighted by Gasteiger charge is -2.30. The van der Waals surface area contributed by atoms with Crippen molar-refractivity contribution in [1.29, 1.82) is 0 Å². The van der Waals surface area contributed by atoms with Crippen molar-refractivity contribution in [2.24, 2.45) is 0 Å². The first-order valence-corrected chi connectivity index (χ1v) is 7.87. The van der Waals surface area contributed by atoms with Gasteiger partial charge in [0.15, 0.2) is 0 Å². The fourth-order valence-corrected chi connectivity index (χ4v) is 2.62. The van der Waals surface area contributed by atoms with E-state index in [1.165, 1.54) is 0 Å².